The van der Waals surface area contributed by atoms with Gasteiger partial charge in [-0.1, -0.05) is 41.9 Å². The Morgan fingerprint density at radius 1 is 1.08 bits per heavy atom. The van der Waals surface area contributed by atoms with Crippen molar-refractivity contribution in [1.29, 1.82) is 0 Å². The molecule has 0 atom stereocenters. The van der Waals surface area contributed by atoms with Gasteiger partial charge in [0.15, 0.2) is 5.78 Å². The maximum absolute atomic E-state index is 12.7. The number of aryl methyl sites for hydroxylation is 1. The Kier molecular flexibility index (Phi) is 3.81. The number of aromatic nitrogens is 2. The highest BCUT2D eigenvalue weighted by Crippen LogP contribution is 2.33. The van der Waals surface area contributed by atoms with Crippen LogP contribution in [0, 0.1) is 13.8 Å². The number of allylic oxidation sites excluding steroid dienone is 1. The van der Waals surface area contributed by atoms with E-state index in [0.29, 0.717) is 17.0 Å². The zero-order valence-electron chi connectivity index (χ0n) is 14.1. The van der Waals surface area contributed by atoms with E-state index in [4.69, 9.17) is 11.6 Å². The molecule has 0 unspecified atom stereocenters. The monoisotopic (exact) mass is 348 g/mol. The first kappa shape index (κ1) is 15.9. The molecule has 4 rings (SSSR count). The van der Waals surface area contributed by atoms with Crippen molar-refractivity contribution in [3.8, 4) is 5.69 Å². The Hall–Kier alpha value is -2.65. The molecule has 4 heteroatoms. The van der Waals surface area contributed by atoms with Gasteiger partial charge in [0.2, 0.25) is 0 Å². The van der Waals surface area contributed by atoms with Crippen LogP contribution in [0.25, 0.3) is 11.8 Å². The molecule has 0 radical (unpaired) electrons. The van der Waals surface area contributed by atoms with Crippen molar-refractivity contribution >= 4 is 23.5 Å². The van der Waals surface area contributed by atoms with Crippen molar-refractivity contribution in [1.82, 2.24) is 9.78 Å². The standard InChI is InChI=1S/C21H17ClN2O/c1-13-18(14(2)24(23-13)16-7-4-3-5-8-16)11-15-12-19-17(21(15)25)9-6-10-20(19)22/h3-11H,12H2,1-2H3/b15-11-. The minimum Gasteiger partial charge on any atom is -0.289 e. The fourth-order valence-electron chi connectivity index (χ4n) is 3.37. The lowest BCUT2D eigenvalue weighted by Crippen LogP contribution is -1.99. The molecule has 1 aliphatic carbocycles. The Morgan fingerprint density at radius 3 is 2.56 bits per heavy atom. The van der Waals surface area contributed by atoms with Crippen LogP contribution in [0.2, 0.25) is 5.02 Å². The summed E-state index contributed by atoms with van der Waals surface area (Å²) in [6.45, 7) is 4.00. The third-order valence-corrected chi connectivity index (χ3v) is 5.04. The zero-order valence-corrected chi connectivity index (χ0v) is 14.8. The second-order valence-electron chi connectivity index (χ2n) is 6.27. The molecule has 2 aromatic carbocycles. The lowest BCUT2D eigenvalue weighted by molar-refractivity contribution is 0.104. The molecule has 3 aromatic rings. The van der Waals surface area contributed by atoms with Crippen LogP contribution in [0.5, 0.6) is 0 Å². The number of para-hydroxylation sites is 1. The van der Waals surface area contributed by atoms with Gasteiger partial charge in [-0.2, -0.15) is 5.10 Å². The van der Waals surface area contributed by atoms with E-state index < -0.39 is 0 Å². The number of nitrogens with zero attached hydrogens (tertiary/aromatic N) is 2. The summed E-state index contributed by atoms with van der Waals surface area (Å²) in [5.74, 6) is 0.0590. The van der Waals surface area contributed by atoms with Gasteiger partial charge in [-0.15, -0.1) is 0 Å². The van der Waals surface area contributed by atoms with Crippen LogP contribution in [0.4, 0.5) is 0 Å². The van der Waals surface area contributed by atoms with Crippen molar-refractivity contribution in [3.63, 3.8) is 0 Å². The molecule has 3 nitrogen and oxygen atoms in total. The van der Waals surface area contributed by atoms with E-state index in [9.17, 15) is 4.79 Å². The number of benzene rings is 2. The SMILES string of the molecule is Cc1nn(-c2ccccc2)c(C)c1/C=C1/Cc2c(Cl)cccc2C1=O. The highest BCUT2D eigenvalue weighted by atomic mass is 35.5. The normalized spacial score (nSPS) is 15.0. The number of hydrogen-bond acceptors (Lipinski definition) is 2. The number of ketones is 1. The Balaban J connectivity index is 1.78. The second kappa shape index (κ2) is 6.01. The average Bonchev–Trinajstić information content (AvgIpc) is 3.09. The van der Waals surface area contributed by atoms with Gasteiger partial charge in [0.05, 0.1) is 11.4 Å². The summed E-state index contributed by atoms with van der Waals surface area (Å²) in [7, 11) is 0. The Bertz CT molecular complexity index is 1020. The van der Waals surface area contributed by atoms with Crippen molar-refractivity contribution in [3.05, 3.63) is 87.2 Å². The Labute approximate surface area is 151 Å². The lowest BCUT2D eigenvalue weighted by Gasteiger charge is -2.04. The first-order valence-electron chi connectivity index (χ1n) is 8.20. The molecular weight excluding hydrogens is 332 g/mol. The summed E-state index contributed by atoms with van der Waals surface area (Å²) >= 11 is 6.25. The fourth-order valence-corrected chi connectivity index (χ4v) is 3.61. The third-order valence-electron chi connectivity index (χ3n) is 4.69. The molecule has 0 N–H and O–H groups in total. The van der Waals surface area contributed by atoms with Gasteiger partial charge in [-0.05, 0) is 43.7 Å². The second-order valence-corrected chi connectivity index (χ2v) is 6.68. The molecule has 0 amide bonds. The van der Waals surface area contributed by atoms with Gasteiger partial charge in [-0.25, -0.2) is 4.68 Å². The number of carbonyl (C=O) groups is 1. The first-order valence-corrected chi connectivity index (χ1v) is 8.58. The topological polar surface area (TPSA) is 34.9 Å². The predicted molar refractivity (Wildman–Crippen MR) is 101 cm³/mol. The molecule has 25 heavy (non-hydrogen) atoms. The summed E-state index contributed by atoms with van der Waals surface area (Å²) in [6.07, 6.45) is 2.54. The summed E-state index contributed by atoms with van der Waals surface area (Å²) < 4.78 is 1.92. The van der Waals surface area contributed by atoms with Crippen molar-refractivity contribution < 1.29 is 4.79 Å². The highest BCUT2D eigenvalue weighted by Gasteiger charge is 2.27. The van der Waals surface area contributed by atoms with Crippen LogP contribution < -0.4 is 0 Å². The number of Topliss-reactive ketones (excluding diaryl/α,β-unsaturated/α-hetero) is 1. The summed E-state index contributed by atoms with van der Waals surface area (Å²) in [5.41, 5.74) is 6.33. The first-order chi connectivity index (χ1) is 12.1. The van der Waals surface area contributed by atoms with E-state index in [0.717, 1.165) is 33.8 Å². The molecule has 1 aliphatic rings. The van der Waals surface area contributed by atoms with Crippen molar-refractivity contribution in [2.75, 3.05) is 0 Å². The van der Waals surface area contributed by atoms with Gasteiger partial charge >= 0.3 is 0 Å². The van der Waals surface area contributed by atoms with Crippen LogP contribution in [0.3, 0.4) is 0 Å². The smallest absolute Gasteiger partial charge is 0.189 e. The summed E-state index contributed by atoms with van der Waals surface area (Å²) in [4.78, 5) is 12.7. The maximum atomic E-state index is 12.7. The van der Waals surface area contributed by atoms with E-state index >= 15 is 0 Å². The summed E-state index contributed by atoms with van der Waals surface area (Å²) in [6, 6.07) is 15.5. The van der Waals surface area contributed by atoms with E-state index in [2.05, 4.69) is 5.10 Å². The minimum absolute atomic E-state index is 0.0590. The quantitative estimate of drug-likeness (QED) is 0.613. The van der Waals surface area contributed by atoms with Crippen LogP contribution in [-0.2, 0) is 6.42 Å². The fraction of sp³-hybridized carbons (Fsp3) is 0.143. The third kappa shape index (κ3) is 2.61. The van der Waals surface area contributed by atoms with Gasteiger partial charge in [0.25, 0.3) is 0 Å². The van der Waals surface area contributed by atoms with Crippen LogP contribution >= 0.6 is 11.6 Å². The number of carbonyl (C=O) groups excluding carboxylic acids is 1. The number of hydrogen-bond donors (Lipinski definition) is 0. The predicted octanol–water partition coefficient (Wildman–Crippen LogP) is 4.96. The van der Waals surface area contributed by atoms with Crippen molar-refractivity contribution in [2.24, 2.45) is 0 Å². The zero-order chi connectivity index (χ0) is 17.6. The molecule has 0 saturated heterocycles. The highest BCUT2D eigenvalue weighted by molar-refractivity contribution is 6.33. The van der Waals surface area contributed by atoms with Gasteiger partial charge in [0.1, 0.15) is 0 Å². The van der Waals surface area contributed by atoms with E-state index in [1.807, 2.05) is 73.1 Å². The van der Waals surface area contributed by atoms with Gasteiger partial charge in [0, 0.05) is 33.8 Å². The molecule has 0 spiro atoms. The minimum atomic E-state index is 0.0590. The van der Waals surface area contributed by atoms with E-state index in [1.165, 1.54) is 0 Å². The molecule has 0 bridgehead atoms. The molecule has 1 heterocycles. The van der Waals surface area contributed by atoms with Gasteiger partial charge < -0.3 is 0 Å². The number of fused-ring (bicyclic) bond motifs is 1. The number of halogens is 1. The molecule has 0 fully saturated rings. The molecule has 0 aliphatic heterocycles. The van der Waals surface area contributed by atoms with Crippen LogP contribution in [0.15, 0.2) is 54.1 Å². The van der Waals surface area contributed by atoms with E-state index in [1.54, 1.807) is 0 Å². The molecular formula is C21H17ClN2O. The number of rotatable bonds is 2. The largest absolute Gasteiger partial charge is 0.289 e. The maximum Gasteiger partial charge on any atom is 0.189 e. The van der Waals surface area contributed by atoms with Crippen LogP contribution in [0.1, 0.15) is 32.9 Å². The molecule has 124 valence electrons. The van der Waals surface area contributed by atoms with Crippen LogP contribution in [-0.4, -0.2) is 15.6 Å². The molecule has 0 saturated carbocycles. The Morgan fingerprint density at radius 2 is 1.84 bits per heavy atom. The van der Waals surface area contributed by atoms with Crippen molar-refractivity contribution in [2.45, 2.75) is 20.3 Å². The average molecular weight is 349 g/mol. The van der Waals surface area contributed by atoms with E-state index in [-0.39, 0.29) is 5.78 Å². The van der Waals surface area contributed by atoms with Gasteiger partial charge in [-0.3, -0.25) is 4.79 Å². The lowest BCUT2D eigenvalue weighted by atomic mass is 10.1. The molecule has 1 aromatic heterocycles. The summed E-state index contributed by atoms with van der Waals surface area (Å²) in [5, 5.41) is 5.30.